The van der Waals surface area contributed by atoms with Crippen molar-refractivity contribution in [2.24, 2.45) is 11.3 Å². The molecule has 2 heterocycles. The van der Waals surface area contributed by atoms with E-state index in [1.54, 1.807) is 23.5 Å². The molecule has 158 valence electrons. The van der Waals surface area contributed by atoms with E-state index in [2.05, 4.69) is 45.4 Å². The van der Waals surface area contributed by atoms with Gasteiger partial charge in [-0.1, -0.05) is 33.4 Å². The predicted octanol–water partition coefficient (Wildman–Crippen LogP) is 3.15. The molecule has 1 amide bonds. The summed E-state index contributed by atoms with van der Waals surface area (Å²) in [4.78, 5) is 18.8. The van der Waals surface area contributed by atoms with Crippen LogP contribution in [0, 0.1) is 11.3 Å². The fraction of sp³-hybridized carbons (Fsp3) is 0.700. The lowest BCUT2D eigenvalue weighted by Gasteiger charge is -2.39. The van der Waals surface area contributed by atoms with E-state index in [1.165, 1.54) is 0 Å². The largest absolute Gasteiger partial charge is 0.445 e. The van der Waals surface area contributed by atoms with Crippen LogP contribution in [0.3, 0.4) is 0 Å². The van der Waals surface area contributed by atoms with Crippen molar-refractivity contribution < 1.29 is 19.1 Å². The van der Waals surface area contributed by atoms with Crippen molar-refractivity contribution in [2.45, 2.75) is 65.6 Å². The molecule has 7 nitrogen and oxygen atoms in total. The number of nitrogens with zero attached hydrogens (tertiary/aromatic N) is 3. The molecule has 28 heavy (non-hydrogen) atoms. The monoisotopic (exact) mass is 409 g/mol. The highest BCUT2D eigenvalue weighted by molar-refractivity contribution is 6.48. The SMILES string of the molecule is C=CCOC(=O)N1C[C@@H](C(C)(C)C)C[C@]1(CCn1cncc1CO)O[SiH](C)C. The molecule has 8 heteroatoms. The zero-order chi connectivity index (χ0) is 20.9. The number of carbonyl (C=O) groups is 1. The highest BCUT2D eigenvalue weighted by Gasteiger charge is 2.52. The van der Waals surface area contributed by atoms with Crippen LogP contribution in [0.25, 0.3) is 0 Å². The molecular formula is C20H35N3O4Si. The Bertz CT molecular complexity index is 671. The summed E-state index contributed by atoms with van der Waals surface area (Å²) in [6, 6.07) is 0. The Balaban J connectivity index is 2.33. The van der Waals surface area contributed by atoms with Crippen molar-refractivity contribution in [3.05, 3.63) is 30.9 Å². The van der Waals surface area contributed by atoms with Crippen LogP contribution in [-0.4, -0.2) is 53.6 Å². The third-order valence-corrected chi connectivity index (χ3v) is 6.30. The fourth-order valence-electron chi connectivity index (χ4n) is 3.80. The zero-order valence-corrected chi connectivity index (χ0v) is 19.0. The maximum Gasteiger partial charge on any atom is 0.412 e. The summed E-state index contributed by atoms with van der Waals surface area (Å²) in [6.45, 7) is 15.8. The molecule has 0 aromatic carbocycles. The first-order chi connectivity index (χ1) is 13.1. The standard InChI is InChI=1S/C20H35N3O4Si/c1-7-10-26-18(25)23-13-16(19(2,3)4)11-20(23,27-28(5)6)8-9-22-15-21-12-17(22)14-24/h7,12,15-16,24,28H,1,8-11,13-14H2,2-6H3/t16-,20-/m0/s1. The van der Waals surface area contributed by atoms with E-state index in [1.807, 2.05) is 4.57 Å². The minimum absolute atomic E-state index is 0.0475. The van der Waals surface area contributed by atoms with Crippen LogP contribution in [0.4, 0.5) is 4.79 Å². The first kappa shape index (κ1) is 22.6. The second-order valence-corrected chi connectivity index (χ2v) is 11.2. The molecule has 0 unspecified atom stereocenters. The van der Waals surface area contributed by atoms with Gasteiger partial charge in [-0.05, 0) is 30.8 Å². The predicted molar refractivity (Wildman–Crippen MR) is 111 cm³/mol. The number of imidazole rings is 1. The summed E-state index contributed by atoms with van der Waals surface area (Å²) in [5.41, 5.74) is 0.0996. The first-order valence-corrected chi connectivity index (χ1v) is 12.7. The smallest absolute Gasteiger partial charge is 0.412 e. The molecule has 1 aliphatic rings. The molecule has 0 spiro atoms. The summed E-state index contributed by atoms with van der Waals surface area (Å²) >= 11 is 0. The molecular weight excluding hydrogens is 374 g/mol. The summed E-state index contributed by atoms with van der Waals surface area (Å²) in [6.07, 6.45) is 5.99. The normalized spacial score (nSPS) is 22.7. The van der Waals surface area contributed by atoms with Gasteiger partial charge in [0.2, 0.25) is 0 Å². The van der Waals surface area contributed by atoms with Crippen LogP contribution in [0.5, 0.6) is 0 Å². The number of ether oxygens (including phenoxy) is 1. The lowest BCUT2D eigenvalue weighted by Crippen LogP contribution is -2.52. The number of aryl methyl sites for hydroxylation is 1. The molecule has 0 bridgehead atoms. The van der Waals surface area contributed by atoms with E-state index < -0.39 is 14.8 Å². The number of rotatable bonds is 8. The van der Waals surface area contributed by atoms with Gasteiger partial charge in [-0.2, -0.15) is 0 Å². The van der Waals surface area contributed by atoms with Gasteiger partial charge >= 0.3 is 6.09 Å². The molecule has 2 rings (SSSR count). The minimum Gasteiger partial charge on any atom is -0.445 e. The van der Waals surface area contributed by atoms with Gasteiger partial charge in [-0.15, -0.1) is 0 Å². The van der Waals surface area contributed by atoms with Crippen molar-refractivity contribution in [3.63, 3.8) is 0 Å². The van der Waals surface area contributed by atoms with Crippen molar-refractivity contribution in [3.8, 4) is 0 Å². The number of aliphatic hydroxyl groups is 1. The van der Waals surface area contributed by atoms with E-state index in [9.17, 15) is 9.90 Å². The molecule has 1 N–H and O–H groups in total. The highest BCUT2D eigenvalue weighted by Crippen LogP contribution is 2.45. The molecule has 0 radical (unpaired) electrons. The van der Waals surface area contributed by atoms with Crippen molar-refractivity contribution in [1.82, 2.24) is 14.5 Å². The number of aromatic nitrogens is 2. The van der Waals surface area contributed by atoms with E-state index >= 15 is 0 Å². The molecule has 1 fully saturated rings. The van der Waals surface area contributed by atoms with Gasteiger partial charge in [0.15, 0.2) is 9.04 Å². The van der Waals surface area contributed by atoms with Gasteiger partial charge in [0.25, 0.3) is 0 Å². The Kier molecular flexibility index (Phi) is 7.47. The van der Waals surface area contributed by atoms with Crippen LogP contribution in [0.2, 0.25) is 13.1 Å². The number of hydrogen-bond donors (Lipinski definition) is 1. The maximum atomic E-state index is 12.9. The average Bonchev–Trinajstić information content (AvgIpc) is 3.21. The van der Waals surface area contributed by atoms with Gasteiger partial charge in [-0.3, -0.25) is 4.90 Å². The first-order valence-electron chi connectivity index (χ1n) is 9.96. The summed E-state index contributed by atoms with van der Waals surface area (Å²) in [5.74, 6) is 0.302. The van der Waals surface area contributed by atoms with E-state index in [0.29, 0.717) is 25.4 Å². The van der Waals surface area contributed by atoms with Gasteiger partial charge in [0, 0.05) is 19.5 Å². The lowest BCUT2D eigenvalue weighted by atomic mass is 9.78. The van der Waals surface area contributed by atoms with Crippen LogP contribution >= 0.6 is 0 Å². The molecule has 1 aromatic heterocycles. The average molecular weight is 410 g/mol. The lowest BCUT2D eigenvalue weighted by molar-refractivity contribution is -0.0602. The number of carbonyl (C=O) groups excluding carboxylic acids is 1. The van der Waals surface area contributed by atoms with Crippen LogP contribution in [0.15, 0.2) is 25.2 Å². The molecule has 0 aliphatic carbocycles. The Morgan fingerprint density at radius 1 is 1.50 bits per heavy atom. The third kappa shape index (κ3) is 5.24. The van der Waals surface area contributed by atoms with Gasteiger partial charge < -0.3 is 18.8 Å². The highest BCUT2D eigenvalue weighted by atomic mass is 28.3. The number of likely N-dealkylation sites (tertiary alicyclic amines) is 1. The molecule has 1 aromatic rings. The third-order valence-electron chi connectivity index (χ3n) is 5.39. The van der Waals surface area contributed by atoms with Crippen LogP contribution in [-0.2, 0) is 22.3 Å². The maximum absolute atomic E-state index is 12.9. The Morgan fingerprint density at radius 2 is 2.21 bits per heavy atom. The second kappa shape index (κ2) is 9.24. The van der Waals surface area contributed by atoms with Crippen molar-refractivity contribution >= 4 is 15.1 Å². The van der Waals surface area contributed by atoms with E-state index in [4.69, 9.17) is 9.16 Å². The quantitative estimate of drug-likeness (QED) is 0.527. The zero-order valence-electron chi connectivity index (χ0n) is 17.9. The van der Waals surface area contributed by atoms with Crippen LogP contribution < -0.4 is 0 Å². The van der Waals surface area contributed by atoms with E-state index in [0.717, 1.165) is 12.1 Å². The minimum atomic E-state index is -1.45. The number of hydrogen-bond acceptors (Lipinski definition) is 5. The van der Waals surface area contributed by atoms with Crippen molar-refractivity contribution in [2.75, 3.05) is 13.2 Å². The second-order valence-electron chi connectivity index (χ2n) is 8.84. The summed E-state index contributed by atoms with van der Waals surface area (Å²) in [7, 11) is -1.45. The number of amides is 1. The van der Waals surface area contributed by atoms with Gasteiger partial charge in [-0.25, -0.2) is 9.78 Å². The molecule has 1 saturated heterocycles. The number of aliphatic hydroxyl groups excluding tert-OH is 1. The fourth-order valence-corrected chi connectivity index (χ4v) is 5.02. The molecule has 0 saturated carbocycles. The summed E-state index contributed by atoms with van der Waals surface area (Å²) in [5, 5.41) is 9.52. The Hall–Kier alpha value is -1.64. The Labute approximate surface area is 170 Å². The van der Waals surface area contributed by atoms with E-state index in [-0.39, 0.29) is 24.7 Å². The van der Waals surface area contributed by atoms with Gasteiger partial charge in [0.1, 0.15) is 12.3 Å². The van der Waals surface area contributed by atoms with Crippen LogP contribution in [0.1, 0.15) is 39.3 Å². The van der Waals surface area contributed by atoms with Crippen molar-refractivity contribution in [1.29, 1.82) is 0 Å². The summed E-state index contributed by atoms with van der Waals surface area (Å²) < 4.78 is 13.9. The van der Waals surface area contributed by atoms with Gasteiger partial charge in [0.05, 0.1) is 24.8 Å². The molecule has 2 atom stereocenters. The topological polar surface area (TPSA) is 76.8 Å². The molecule has 1 aliphatic heterocycles. The Morgan fingerprint density at radius 3 is 2.79 bits per heavy atom.